The first kappa shape index (κ1) is 16.4. The number of aromatic nitrogens is 2. The van der Waals surface area contributed by atoms with Crippen LogP contribution in [0.25, 0.3) is 0 Å². The van der Waals surface area contributed by atoms with Gasteiger partial charge in [0.25, 0.3) is 5.91 Å². The van der Waals surface area contributed by atoms with Crippen LogP contribution in [0.4, 0.5) is 11.5 Å². The second-order valence-electron chi connectivity index (χ2n) is 6.11. The lowest BCUT2D eigenvalue weighted by Crippen LogP contribution is -2.36. The molecule has 5 nitrogen and oxygen atoms in total. The van der Waals surface area contributed by atoms with Crippen LogP contribution in [-0.4, -0.2) is 29.0 Å². The van der Waals surface area contributed by atoms with Crippen molar-refractivity contribution in [1.29, 1.82) is 0 Å². The van der Waals surface area contributed by atoms with Gasteiger partial charge in [-0.15, -0.1) is 0 Å². The van der Waals surface area contributed by atoms with Crippen molar-refractivity contribution >= 4 is 17.4 Å². The van der Waals surface area contributed by atoms with Gasteiger partial charge < -0.3 is 10.2 Å². The average molecular weight is 324 g/mol. The molecule has 1 aromatic heterocycles. The molecule has 0 spiro atoms. The van der Waals surface area contributed by atoms with E-state index in [0.29, 0.717) is 5.69 Å². The second kappa shape index (κ2) is 7.90. The first-order chi connectivity index (χ1) is 11.8. The minimum absolute atomic E-state index is 0.0545. The number of para-hydroxylation sites is 1. The van der Waals surface area contributed by atoms with Gasteiger partial charge in [-0.05, 0) is 30.9 Å². The Morgan fingerprint density at radius 3 is 3.00 bits per heavy atom. The summed E-state index contributed by atoms with van der Waals surface area (Å²) in [5.74, 6) is 0.663. The number of amides is 1. The number of nitrogens with one attached hydrogen (secondary N) is 1. The van der Waals surface area contributed by atoms with E-state index < -0.39 is 0 Å². The molecule has 0 aliphatic carbocycles. The maximum Gasteiger partial charge on any atom is 0.277 e. The van der Waals surface area contributed by atoms with E-state index in [1.54, 1.807) is 6.07 Å². The van der Waals surface area contributed by atoms with Gasteiger partial charge in [-0.1, -0.05) is 38.0 Å². The standard InChI is InChI=1S/C19H24N4O/c1-2-3-6-11-20-18-13-16(21-14-22-18)19(24)23-12-7-9-15-8-4-5-10-17(15)23/h4-5,8,10,13-14H,2-3,6-7,9,11-12H2,1H3,(H,20,21,22). The van der Waals surface area contributed by atoms with E-state index in [0.717, 1.165) is 43.9 Å². The number of hydrogen-bond donors (Lipinski definition) is 1. The molecular formula is C19H24N4O. The number of hydrogen-bond acceptors (Lipinski definition) is 4. The van der Waals surface area contributed by atoms with E-state index in [1.165, 1.54) is 24.7 Å². The van der Waals surface area contributed by atoms with Gasteiger partial charge in [-0.2, -0.15) is 0 Å². The Morgan fingerprint density at radius 1 is 1.25 bits per heavy atom. The van der Waals surface area contributed by atoms with Gasteiger partial charge in [0.1, 0.15) is 17.8 Å². The van der Waals surface area contributed by atoms with Crippen molar-refractivity contribution in [3.05, 3.63) is 47.9 Å². The number of carbonyl (C=O) groups is 1. The quantitative estimate of drug-likeness (QED) is 0.824. The molecule has 2 aromatic rings. The van der Waals surface area contributed by atoms with Crippen LogP contribution in [0.2, 0.25) is 0 Å². The van der Waals surface area contributed by atoms with Crippen molar-refractivity contribution in [2.24, 2.45) is 0 Å². The van der Waals surface area contributed by atoms with Gasteiger partial charge in [0.2, 0.25) is 0 Å². The second-order valence-corrected chi connectivity index (χ2v) is 6.11. The first-order valence-electron chi connectivity index (χ1n) is 8.75. The zero-order valence-electron chi connectivity index (χ0n) is 14.2. The van der Waals surface area contributed by atoms with Crippen molar-refractivity contribution in [3.8, 4) is 0 Å². The molecular weight excluding hydrogens is 300 g/mol. The normalized spacial score (nSPS) is 13.5. The van der Waals surface area contributed by atoms with Crippen LogP contribution < -0.4 is 10.2 Å². The van der Waals surface area contributed by atoms with Crippen LogP contribution >= 0.6 is 0 Å². The molecule has 1 amide bonds. The molecule has 2 heterocycles. The molecule has 24 heavy (non-hydrogen) atoms. The lowest BCUT2D eigenvalue weighted by atomic mass is 10.0. The molecule has 1 N–H and O–H groups in total. The molecule has 0 saturated carbocycles. The van der Waals surface area contributed by atoms with E-state index in [-0.39, 0.29) is 5.91 Å². The number of rotatable bonds is 6. The Balaban J connectivity index is 1.74. The molecule has 0 bridgehead atoms. The summed E-state index contributed by atoms with van der Waals surface area (Å²) < 4.78 is 0. The minimum Gasteiger partial charge on any atom is -0.370 e. The van der Waals surface area contributed by atoms with E-state index in [2.05, 4.69) is 28.3 Å². The van der Waals surface area contributed by atoms with Crippen LogP contribution in [0.15, 0.2) is 36.7 Å². The SMILES string of the molecule is CCCCCNc1cc(C(=O)N2CCCc3ccccc32)ncn1. The molecule has 1 aliphatic rings. The third kappa shape index (κ3) is 3.72. The van der Waals surface area contributed by atoms with Crippen molar-refractivity contribution in [2.75, 3.05) is 23.3 Å². The Kier molecular flexibility index (Phi) is 5.41. The lowest BCUT2D eigenvalue weighted by molar-refractivity contribution is 0.0980. The van der Waals surface area contributed by atoms with E-state index in [9.17, 15) is 4.79 Å². The van der Waals surface area contributed by atoms with E-state index in [1.807, 2.05) is 23.1 Å². The molecule has 1 aromatic carbocycles. The number of benzene rings is 1. The molecule has 0 fully saturated rings. The minimum atomic E-state index is -0.0545. The van der Waals surface area contributed by atoms with Gasteiger partial charge >= 0.3 is 0 Å². The summed E-state index contributed by atoms with van der Waals surface area (Å²) in [5.41, 5.74) is 2.67. The molecule has 0 unspecified atom stereocenters. The molecule has 0 saturated heterocycles. The van der Waals surface area contributed by atoms with Crippen LogP contribution in [0.5, 0.6) is 0 Å². The fraction of sp³-hybridized carbons (Fsp3) is 0.421. The Bertz CT molecular complexity index is 701. The first-order valence-corrected chi connectivity index (χ1v) is 8.75. The third-order valence-corrected chi connectivity index (χ3v) is 4.33. The van der Waals surface area contributed by atoms with Gasteiger partial charge in [0, 0.05) is 24.8 Å². The Hall–Kier alpha value is -2.43. The van der Waals surface area contributed by atoms with Gasteiger partial charge in [0.15, 0.2) is 0 Å². The summed E-state index contributed by atoms with van der Waals surface area (Å²) in [6, 6.07) is 9.86. The number of unbranched alkanes of at least 4 members (excludes halogenated alkanes) is 2. The maximum absolute atomic E-state index is 12.9. The highest BCUT2D eigenvalue weighted by Gasteiger charge is 2.24. The largest absolute Gasteiger partial charge is 0.370 e. The summed E-state index contributed by atoms with van der Waals surface area (Å²) in [7, 11) is 0. The van der Waals surface area contributed by atoms with Crippen LogP contribution in [0.3, 0.4) is 0 Å². The van der Waals surface area contributed by atoms with E-state index >= 15 is 0 Å². The van der Waals surface area contributed by atoms with Crippen LogP contribution in [0.1, 0.15) is 48.7 Å². The molecule has 5 heteroatoms. The van der Waals surface area contributed by atoms with Crippen molar-refractivity contribution in [3.63, 3.8) is 0 Å². The summed E-state index contributed by atoms with van der Waals surface area (Å²) in [6.07, 6.45) is 6.94. The topological polar surface area (TPSA) is 58.1 Å². The number of anilines is 2. The summed E-state index contributed by atoms with van der Waals surface area (Å²) in [4.78, 5) is 23.1. The fourth-order valence-electron chi connectivity index (χ4n) is 3.05. The highest BCUT2D eigenvalue weighted by molar-refractivity contribution is 6.05. The third-order valence-electron chi connectivity index (χ3n) is 4.33. The van der Waals surface area contributed by atoms with Gasteiger partial charge in [-0.25, -0.2) is 9.97 Å². The van der Waals surface area contributed by atoms with Crippen molar-refractivity contribution < 1.29 is 4.79 Å². The highest BCUT2D eigenvalue weighted by atomic mass is 16.2. The lowest BCUT2D eigenvalue weighted by Gasteiger charge is -2.29. The predicted octanol–water partition coefficient (Wildman–Crippen LogP) is 3.67. The van der Waals surface area contributed by atoms with Crippen molar-refractivity contribution in [1.82, 2.24) is 9.97 Å². The fourth-order valence-corrected chi connectivity index (χ4v) is 3.05. The maximum atomic E-state index is 12.9. The average Bonchev–Trinajstić information content (AvgIpc) is 2.64. The molecule has 3 rings (SSSR count). The molecule has 1 aliphatic heterocycles. The molecule has 126 valence electrons. The molecule has 0 radical (unpaired) electrons. The number of fused-ring (bicyclic) bond motifs is 1. The monoisotopic (exact) mass is 324 g/mol. The summed E-state index contributed by atoms with van der Waals surface area (Å²) in [5, 5.41) is 3.27. The zero-order chi connectivity index (χ0) is 16.8. The summed E-state index contributed by atoms with van der Waals surface area (Å²) in [6.45, 7) is 3.78. The number of carbonyl (C=O) groups excluding carboxylic acids is 1. The van der Waals surface area contributed by atoms with Crippen LogP contribution in [-0.2, 0) is 6.42 Å². The Morgan fingerprint density at radius 2 is 2.12 bits per heavy atom. The molecule has 0 atom stereocenters. The zero-order valence-corrected chi connectivity index (χ0v) is 14.2. The van der Waals surface area contributed by atoms with Gasteiger partial charge in [-0.3, -0.25) is 4.79 Å². The van der Waals surface area contributed by atoms with Gasteiger partial charge in [0.05, 0.1) is 0 Å². The predicted molar refractivity (Wildman–Crippen MR) is 96.5 cm³/mol. The van der Waals surface area contributed by atoms with E-state index in [4.69, 9.17) is 0 Å². The van der Waals surface area contributed by atoms with Crippen LogP contribution in [0, 0.1) is 0 Å². The smallest absolute Gasteiger partial charge is 0.277 e. The van der Waals surface area contributed by atoms with Crippen molar-refractivity contribution in [2.45, 2.75) is 39.0 Å². The number of aryl methyl sites for hydroxylation is 1. The highest BCUT2D eigenvalue weighted by Crippen LogP contribution is 2.27. The summed E-state index contributed by atoms with van der Waals surface area (Å²) >= 11 is 0. The number of nitrogens with zero attached hydrogens (tertiary/aromatic N) is 3. The Labute approximate surface area is 143 Å².